The smallest absolute Gasteiger partial charge is 0.189 e. The van der Waals surface area contributed by atoms with Gasteiger partial charge in [-0.05, 0) is 24.6 Å². The van der Waals surface area contributed by atoms with Gasteiger partial charge in [-0.1, -0.05) is 52.3 Å². The minimum atomic E-state index is -0.0766. The van der Waals surface area contributed by atoms with Crippen molar-refractivity contribution in [2.24, 2.45) is 5.73 Å². The van der Waals surface area contributed by atoms with Gasteiger partial charge in [-0.3, -0.25) is 0 Å². The summed E-state index contributed by atoms with van der Waals surface area (Å²) in [6.07, 6.45) is 0. The van der Waals surface area contributed by atoms with Crippen LogP contribution in [0.2, 0.25) is 0 Å². The van der Waals surface area contributed by atoms with Gasteiger partial charge in [0, 0.05) is 16.1 Å². The summed E-state index contributed by atoms with van der Waals surface area (Å²) in [4.78, 5) is 0. The molecule has 1 atom stereocenters. The van der Waals surface area contributed by atoms with Crippen molar-refractivity contribution in [3.63, 3.8) is 0 Å². The summed E-state index contributed by atoms with van der Waals surface area (Å²) in [5, 5.41) is 0. The highest BCUT2D eigenvalue weighted by Crippen LogP contribution is 2.27. The van der Waals surface area contributed by atoms with E-state index in [-0.39, 0.29) is 12.8 Å². The molecule has 0 saturated carbocycles. The number of hydrogen-bond acceptors (Lipinski definition) is 3. The van der Waals surface area contributed by atoms with Crippen LogP contribution in [0.3, 0.4) is 0 Å². The molecule has 0 aromatic heterocycles. The molecule has 2 aromatic rings. The van der Waals surface area contributed by atoms with Crippen molar-refractivity contribution >= 4 is 15.9 Å². The molecule has 2 rings (SSSR count). The fourth-order valence-electron chi connectivity index (χ4n) is 1.85. The van der Waals surface area contributed by atoms with Crippen LogP contribution < -0.4 is 10.5 Å². The molecule has 0 aliphatic rings. The van der Waals surface area contributed by atoms with E-state index in [0.29, 0.717) is 6.61 Å². The van der Waals surface area contributed by atoms with E-state index < -0.39 is 0 Å². The summed E-state index contributed by atoms with van der Waals surface area (Å²) < 4.78 is 12.1. The molecule has 0 spiro atoms. The Morgan fingerprint density at radius 2 is 1.90 bits per heavy atom. The van der Waals surface area contributed by atoms with Crippen molar-refractivity contribution in [2.45, 2.75) is 19.6 Å². The van der Waals surface area contributed by atoms with Crippen molar-refractivity contribution in [2.75, 3.05) is 6.79 Å². The highest BCUT2D eigenvalue weighted by Gasteiger charge is 2.08. The van der Waals surface area contributed by atoms with Crippen LogP contribution in [0, 0.1) is 0 Å². The van der Waals surface area contributed by atoms with Crippen LogP contribution >= 0.6 is 15.9 Å². The summed E-state index contributed by atoms with van der Waals surface area (Å²) in [6, 6.07) is 15.7. The van der Waals surface area contributed by atoms with Gasteiger partial charge in [0.25, 0.3) is 0 Å². The molecule has 0 heterocycles. The molecule has 0 fully saturated rings. The second-order valence-corrected chi connectivity index (χ2v) is 5.48. The lowest BCUT2D eigenvalue weighted by atomic mass is 10.1. The van der Waals surface area contributed by atoms with Crippen LogP contribution in [0.25, 0.3) is 0 Å². The first-order valence-electron chi connectivity index (χ1n) is 6.46. The summed E-state index contributed by atoms with van der Waals surface area (Å²) >= 11 is 3.43. The molecule has 20 heavy (non-hydrogen) atoms. The van der Waals surface area contributed by atoms with E-state index >= 15 is 0 Å². The van der Waals surface area contributed by atoms with Gasteiger partial charge in [-0.25, -0.2) is 0 Å². The highest BCUT2D eigenvalue weighted by molar-refractivity contribution is 9.10. The third-order valence-electron chi connectivity index (χ3n) is 2.88. The molecular weight excluding hydrogens is 318 g/mol. The topological polar surface area (TPSA) is 44.5 Å². The summed E-state index contributed by atoms with van der Waals surface area (Å²) in [6.45, 7) is 2.66. The third-order valence-corrected chi connectivity index (χ3v) is 3.37. The molecule has 2 aromatic carbocycles. The van der Waals surface area contributed by atoms with Gasteiger partial charge in [0.05, 0.1) is 6.61 Å². The Morgan fingerprint density at radius 3 is 2.60 bits per heavy atom. The van der Waals surface area contributed by atoms with Gasteiger partial charge < -0.3 is 15.2 Å². The van der Waals surface area contributed by atoms with Gasteiger partial charge in [0.1, 0.15) is 5.75 Å². The van der Waals surface area contributed by atoms with Crippen LogP contribution in [0.15, 0.2) is 53.0 Å². The van der Waals surface area contributed by atoms with E-state index in [0.717, 1.165) is 21.3 Å². The number of ether oxygens (including phenoxy) is 2. The lowest BCUT2D eigenvalue weighted by Crippen LogP contribution is -2.10. The second kappa shape index (κ2) is 7.43. The molecule has 0 radical (unpaired) electrons. The van der Waals surface area contributed by atoms with E-state index in [1.807, 2.05) is 55.5 Å². The van der Waals surface area contributed by atoms with Crippen LogP contribution in [-0.4, -0.2) is 6.79 Å². The zero-order valence-corrected chi connectivity index (χ0v) is 13.0. The van der Waals surface area contributed by atoms with E-state index in [1.165, 1.54) is 0 Å². The molecular formula is C16H18BrNO2. The van der Waals surface area contributed by atoms with Crippen LogP contribution in [0.4, 0.5) is 0 Å². The molecule has 0 aliphatic carbocycles. The van der Waals surface area contributed by atoms with Gasteiger partial charge in [-0.15, -0.1) is 0 Å². The van der Waals surface area contributed by atoms with Crippen molar-refractivity contribution < 1.29 is 9.47 Å². The van der Waals surface area contributed by atoms with Crippen LogP contribution in [0.5, 0.6) is 5.75 Å². The fourth-order valence-corrected chi connectivity index (χ4v) is 2.19. The number of hydrogen-bond donors (Lipinski definition) is 1. The van der Waals surface area contributed by atoms with Gasteiger partial charge in [0.15, 0.2) is 6.79 Å². The van der Waals surface area contributed by atoms with Gasteiger partial charge >= 0.3 is 0 Å². The lowest BCUT2D eigenvalue weighted by molar-refractivity contribution is 0.00438. The summed E-state index contributed by atoms with van der Waals surface area (Å²) in [5.74, 6) is 0.752. The van der Waals surface area contributed by atoms with Crippen LogP contribution in [0.1, 0.15) is 24.1 Å². The van der Waals surface area contributed by atoms with Crippen molar-refractivity contribution in [1.29, 1.82) is 0 Å². The molecule has 0 unspecified atom stereocenters. The van der Waals surface area contributed by atoms with Crippen molar-refractivity contribution in [3.05, 3.63) is 64.1 Å². The monoisotopic (exact) mass is 335 g/mol. The third kappa shape index (κ3) is 4.34. The first kappa shape index (κ1) is 15.0. The lowest BCUT2D eigenvalue weighted by Gasteiger charge is -2.14. The van der Waals surface area contributed by atoms with Crippen molar-refractivity contribution in [1.82, 2.24) is 0 Å². The Balaban J connectivity index is 1.89. The Kier molecular flexibility index (Phi) is 5.59. The van der Waals surface area contributed by atoms with Crippen molar-refractivity contribution in [3.8, 4) is 5.75 Å². The first-order chi connectivity index (χ1) is 9.66. The largest absolute Gasteiger partial charge is 0.467 e. The van der Waals surface area contributed by atoms with Gasteiger partial charge in [-0.2, -0.15) is 0 Å². The van der Waals surface area contributed by atoms with Crippen LogP contribution in [-0.2, 0) is 11.3 Å². The molecule has 0 saturated heterocycles. The molecule has 0 amide bonds. The molecule has 0 bridgehead atoms. The minimum absolute atomic E-state index is 0.0766. The first-order valence-corrected chi connectivity index (χ1v) is 7.25. The fraction of sp³-hybridized carbons (Fsp3) is 0.250. The Bertz CT molecular complexity index is 543. The maximum Gasteiger partial charge on any atom is 0.189 e. The number of halogens is 1. The number of benzene rings is 2. The normalized spacial score (nSPS) is 12.2. The Labute approximate surface area is 127 Å². The maximum absolute atomic E-state index is 5.92. The maximum atomic E-state index is 5.92. The quantitative estimate of drug-likeness (QED) is 0.640. The predicted molar refractivity (Wildman–Crippen MR) is 83.5 cm³/mol. The predicted octanol–water partition coefficient (Wildman–Crippen LogP) is 4.02. The molecule has 3 nitrogen and oxygen atoms in total. The summed E-state index contributed by atoms with van der Waals surface area (Å²) in [5.41, 5.74) is 8.02. The van der Waals surface area contributed by atoms with Gasteiger partial charge in [0.2, 0.25) is 0 Å². The van der Waals surface area contributed by atoms with E-state index in [1.54, 1.807) is 0 Å². The standard InChI is InChI=1S/C16H18BrNO2/c1-12(18)15-8-7-14(17)9-16(15)20-11-19-10-13-5-3-2-4-6-13/h2-9,12H,10-11,18H2,1H3/t12-/m1/s1. The Morgan fingerprint density at radius 1 is 1.15 bits per heavy atom. The number of nitrogens with two attached hydrogens (primary N) is 1. The van der Waals surface area contributed by atoms with E-state index in [4.69, 9.17) is 15.2 Å². The highest BCUT2D eigenvalue weighted by atomic mass is 79.9. The summed E-state index contributed by atoms with van der Waals surface area (Å²) in [7, 11) is 0. The average Bonchev–Trinajstić information content (AvgIpc) is 2.44. The molecule has 0 aliphatic heterocycles. The minimum Gasteiger partial charge on any atom is -0.467 e. The average molecular weight is 336 g/mol. The zero-order chi connectivity index (χ0) is 14.4. The molecule has 4 heteroatoms. The van der Waals surface area contributed by atoms with E-state index in [9.17, 15) is 0 Å². The SMILES string of the molecule is C[C@@H](N)c1ccc(Br)cc1OCOCc1ccccc1. The molecule has 2 N–H and O–H groups in total. The Hall–Kier alpha value is -1.36. The zero-order valence-electron chi connectivity index (χ0n) is 11.4. The molecule has 106 valence electrons. The number of rotatable bonds is 6. The van der Waals surface area contributed by atoms with E-state index in [2.05, 4.69) is 15.9 Å². The second-order valence-electron chi connectivity index (χ2n) is 4.57.